The second-order valence-corrected chi connectivity index (χ2v) is 8.03. The number of esters is 1. The van der Waals surface area contributed by atoms with Crippen LogP contribution in [0.1, 0.15) is 43.5 Å². The van der Waals surface area contributed by atoms with Crippen LogP contribution < -0.4 is 5.32 Å². The van der Waals surface area contributed by atoms with Crippen LogP contribution in [0.15, 0.2) is 29.2 Å². The molecule has 0 radical (unpaired) electrons. The molecule has 2 rings (SSSR count). The molecule has 1 aromatic carbocycles. The van der Waals surface area contributed by atoms with Gasteiger partial charge in [-0.2, -0.15) is 4.31 Å². The van der Waals surface area contributed by atoms with Crippen molar-refractivity contribution in [1.82, 2.24) is 9.62 Å². The predicted molar refractivity (Wildman–Crippen MR) is 92.6 cm³/mol. The van der Waals surface area contributed by atoms with Gasteiger partial charge in [-0.1, -0.05) is 13.0 Å². The lowest BCUT2D eigenvalue weighted by Crippen LogP contribution is -2.35. The molecule has 0 spiro atoms. The number of carbonyl (C=O) groups excluding carboxylic acids is 2. The monoisotopic (exact) mass is 368 g/mol. The topological polar surface area (TPSA) is 92.8 Å². The van der Waals surface area contributed by atoms with Gasteiger partial charge in [0.25, 0.3) is 5.91 Å². The van der Waals surface area contributed by atoms with Gasteiger partial charge in [-0.25, -0.2) is 13.2 Å². The molecule has 1 aliphatic heterocycles. The van der Waals surface area contributed by atoms with Gasteiger partial charge < -0.3 is 10.1 Å². The second kappa shape index (κ2) is 8.44. The van der Waals surface area contributed by atoms with Crippen molar-refractivity contribution in [2.45, 2.75) is 44.0 Å². The van der Waals surface area contributed by atoms with Gasteiger partial charge in [-0.05, 0) is 44.4 Å². The van der Waals surface area contributed by atoms with Crippen molar-refractivity contribution < 1.29 is 22.7 Å². The third-order valence-electron chi connectivity index (χ3n) is 4.13. The van der Waals surface area contributed by atoms with Crippen LogP contribution in [0.2, 0.25) is 0 Å². The van der Waals surface area contributed by atoms with Gasteiger partial charge in [0, 0.05) is 19.1 Å². The van der Waals surface area contributed by atoms with Gasteiger partial charge in [-0.3, -0.25) is 4.79 Å². The molecular weight excluding hydrogens is 344 g/mol. The Morgan fingerprint density at radius 2 is 1.96 bits per heavy atom. The molecule has 1 fully saturated rings. The van der Waals surface area contributed by atoms with Crippen LogP contribution in [0, 0.1) is 0 Å². The van der Waals surface area contributed by atoms with Crippen LogP contribution in [0.25, 0.3) is 0 Å². The SMILES string of the molecule is CC[C@H](C)NC(=O)COC(=O)c1cccc(S(=O)(=O)N2CCCC2)c1. The number of sulfonamides is 1. The Morgan fingerprint density at radius 3 is 2.60 bits per heavy atom. The maximum atomic E-state index is 12.5. The van der Waals surface area contributed by atoms with E-state index in [0.29, 0.717) is 13.1 Å². The predicted octanol–water partition coefficient (Wildman–Crippen LogP) is 1.54. The quantitative estimate of drug-likeness (QED) is 0.737. The molecule has 25 heavy (non-hydrogen) atoms. The fraction of sp³-hybridized carbons (Fsp3) is 0.529. The molecule has 0 aromatic heterocycles. The summed E-state index contributed by atoms with van der Waals surface area (Å²) in [5.41, 5.74) is 0.108. The zero-order valence-corrected chi connectivity index (χ0v) is 15.3. The lowest BCUT2D eigenvalue weighted by Gasteiger charge is -2.16. The highest BCUT2D eigenvalue weighted by molar-refractivity contribution is 7.89. The maximum absolute atomic E-state index is 12.5. The van der Waals surface area contributed by atoms with Gasteiger partial charge in [0.15, 0.2) is 6.61 Å². The minimum Gasteiger partial charge on any atom is -0.452 e. The van der Waals surface area contributed by atoms with Gasteiger partial charge in [0.05, 0.1) is 10.5 Å². The molecule has 0 bridgehead atoms. The van der Waals surface area contributed by atoms with Crippen molar-refractivity contribution in [3.63, 3.8) is 0 Å². The van der Waals surface area contributed by atoms with Gasteiger partial charge in [-0.15, -0.1) is 0 Å². The first-order valence-corrected chi connectivity index (χ1v) is 9.85. The summed E-state index contributed by atoms with van der Waals surface area (Å²) in [6.07, 6.45) is 2.45. The summed E-state index contributed by atoms with van der Waals surface area (Å²) < 4.78 is 31.5. The minimum atomic E-state index is -3.60. The zero-order chi connectivity index (χ0) is 18.4. The summed E-state index contributed by atoms with van der Waals surface area (Å²) in [6.45, 7) is 4.38. The van der Waals surface area contributed by atoms with E-state index in [4.69, 9.17) is 4.74 Å². The Kier molecular flexibility index (Phi) is 6.55. The van der Waals surface area contributed by atoms with E-state index in [1.165, 1.54) is 28.6 Å². The molecule has 0 saturated carbocycles. The van der Waals surface area contributed by atoms with Crippen molar-refractivity contribution in [2.75, 3.05) is 19.7 Å². The molecule has 1 amide bonds. The average molecular weight is 368 g/mol. The van der Waals surface area contributed by atoms with E-state index in [2.05, 4.69) is 5.32 Å². The summed E-state index contributed by atoms with van der Waals surface area (Å²) in [6, 6.07) is 5.72. The first-order chi connectivity index (χ1) is 11.8. The number of nitrogens with one attached hydrogen (secondary N) is 1. The summed E-state index contributed by atoms with van der Waals surface area (Å²) in [4.78, 5) is 23.8. The van der Waals surface area contributed by atoms with Crippen LogP contribution in [0.3, 0.4) is 0 Å². The smallest absolute Gasteiger partial charge is 0.338 e. The number of hydrogen-bond donors (Lipinski definition) is 1. The molecule has 1 atom stereocenters. The normalized spacial score (nSPS) is 16.4. The van der Waals surface area contributed by atoms with E-state index >= 15 is 0 Å². The average Bonchev–Trinajstić information content (AvgIpc) is 3.15. The fourth-order valence-corrected chi connectivity index (χ4v) is 4.06. The molecule has 0 aliphatic carbocycles. The first-order valence-electron chi connectivity index (χ1n) is 8.41. The molecule has 1 N–H and O–H groups in total. The lowest BCUT2D eigenvalue weighted by atomic mass is 10.2. The summed E-state index contributed by atoms with van der Waals surface area (Å²) in [7, 11) is -3.60. The molecule has 1 aromatic rings. The standard InChI is InChI=1S/C17H24N2O5S/c1-3-13(2)18-16(20)12-24-17(21)14-7-6-8-15(11-14)25(22,23)19-9-4-5-10-19/h6-8,11,13H,3-5,9-10,12H2,1-2H3,(H,18,20)/t13-/m0/s1. The molecule has 0 unspecified atom stereocenters. The fourth-order valence-electron chi connectivity index (χ4n) is 2.49. The first kappa shape index (κ1) is 19.4. The number of benzene rings is 1. The number of rotatable bonds is 7. The number of amides is 1. The van der Waals surface area contributed by atoms with E-state index in [9.17, 15) is 18.0 Å². The molecule has 8 heteroatoms. The van der Waals surface area contributed by atoms with Crippen LogP contribution >= 0.6 is 0 Å². The van der Waals surface area contributed by atoms with E-state index < -0.39 is 22.6 Å². The summed E-state index contributed by atoms with van der Waals surface area (Å²) in [5, 5.41) is 2.69. The van der Waals surface area contributed by atoms with Crippen molar-refractivity contribution in [2.24, 2.45) is 0 Å². The van der Waals surface area contributed by atoms with Crippen molar-refractivity contribution in [1.29, 1.82) is 0 Å². The van der Waals surface area contributed by atoms with Crippen molar-refractivity contribution in [3.8, 4) is 0 Å². The van der Waals surface area contributed by atoms with Crippen molar-refractivity contribution >= 4 is 21.9 Å². The van der Waals surface area contributed by atoms with E-state index in [1.54, 1.807) is 0 Å². The molecule has 1 aliphatic rings. The van der Waals surface area contributed by atoms with E-state index in [0.717, 1.165) is 19.3 Å². The lowest BCUT2D eigenvalue weighted by molar-refractivity contribution is -0.124. The Morgan fingerprint density at radius 1 is 1.28 bits per heavy atom. The molecule has 1 heterocycles. The van der Waals surface area contributed by atoms with Gasteiger partial charge in [0.2, 0.25) is 10.0 Å². The molecule has 7 nitrogen and oxygen atoms in total. The van der Waals surface area contributed by atoms with Crippen molar-refractivity contribution in [3.05, 3.63) is 29.8 Å². The van der Waals surface area contributed by atoms with Gasteiger partial charge in [0.1, 0.15) is 0 Å². The molecule has 138 valence electrons. The molecule has 1 saturated heterocycles. The second-order valence-electron chi connectivity index (χ2n) is 6.09. The Hall–Kier alpha value is -1.93. The molecular formula is C17H24N2O5S. The summed E-state index contributed by atoms with van der Waals surface area (Å²) >= 11 is 0. The third kappa shape index (κ3) is 5.02. The zero-order valence-electron chi connectivity index (χ0n) is 14.5. The Bertz CT molecular complexity index is 726. The van der Waals surface area contributed by atoms with Crippen LogP contribution in [-0.4, -0.2) is 50.3 Å². The van der Waals surface area contributed by atoms with Crippen LogP contribution in [0.4, 0.5) is 0 Å². The maximum Gasteiger partial charge on any atom is 0.338 e. The highest BCUT2D eigenvalue weighted by Gasteiger charge is 2.27. The number of hydrogen-bond acceptors (Lipinski definition) is 5. The Labute approximate surface area is 148 Å². The number of nitrogens with zero attached hydrogens (tertiary/aromatic N) is 1. The largest absolute Gasteiger partial charge is 0.452 e. The highest BCUT2D eigenvalue weighted by atomic mass is 32.2. The highest BCUT2D eigenvalue weighted by Crippen LogP contribution is 2.21. The van der Waals surface area contributed by atoms with Gasteiger partial charge >= 0.3 is 5.97 Å². The Balaban J connectivity index is 2.03. The van der Waals surface area contributed by atoms with E-state index in [-0.39, 0.29) is 22.4 Å². The summed E-state index contributed by atoms with van der Waals surface area (Å²) in [5.74, 6) is -1.11. The third-order valence-corrected chi connectivity index (χ3v) is 6.02. The van der Waals surface area contributed by atoms with E-state index in [1.807, 2.05) is 13.8 Å². The van der Waals surface area contributed by atoms with Crippen LogP contribution in [-0.2, 0) is 19.6 Å². The number of ether oxygens (including phenoxy) is 1. The van der Waals surface area contributed by atoms with Crippen LogP contribution in [0.5, 0.6) is 0 Å². The minimum absolute atomic E-state index is 0.000124. The number of carbonyl (C=O) groups is 2.